The van der Waals surface area contributed by atoms with Crippen molar-refractivity contribution in [1.29, 1.82) is 0 Å². The lowest BCUT2D eigenvalue weighted by molar-refractivity contribution is -0.138. The molecule has 2 aromatic rings. The number of nitrogens with zero attached hydrogens (tertiary/aromatic N) is 1. The van der Waals surface area contributed by atoms with Gasteiger partial charge in [0.1, 0.15) is 5.75 Å². The molecule has 3 amide bonds. The zero-order valence-corrected chi connectivity index (χ0v) is 16.0. The molecule has 8 nitrogen and oxygen atoms in total. The fourth-order valence-electron chi connectivity index (χ4n) is 2.00. The van der Waals surface area contributed by atoms with Crippen LogP contribution in [-0.4, -0.2) is 37.6 Å². The van der Waals surface area contributed by atoms with Gasteiger partial charge in [-0.3, -0.25) is 14.4 Å². The van der Waals surface area contributed by atoms with Gasteiger partial charge in [-0.1, -0.05) is 17.7 Å². The first-order valence-corrected chi connectivity index (χ1v) is 8.61. The number of halogens is 1. The van der Waals surface area contributed by atoms with Crippen molar-refractivity contribution in [2.45, 2.75) is 6.92 Å². The number of hydrogen-bond acceptors (Lipinski definition) is 5. The molecular weight excluding hydrogens is 384 g/mol. The maximum atomic E-state index is 12.0. The summed E-state index contributed by atoms with van der Waals surface area (Å²) in [5.74, 6) is -1.47. The minimum atomic E-state index is -0.861. The highest BCUT2D eigenvalue weighted by atomic mass is 35.5. The number of aryl methyl sites for hydroxylation is 1. The fourth-order valence-corrected chi connectivity index (χ4v) is 2.18. The van der Waals surface area contributed by atoms with E-state index in [1.165, 1.54) is 13.3 Å². The third kappa shape index (κ3) is 6.40. The lowest BCUT2D eigenvalue weighted by Crippen LogP contribution is -2.35. The number of benzene rings is 2. The maximum absolute atomic E-state index is 12.0. The first-order valence-electron chi connectivity index (χ1n) is 8.23. The summed E-state index contributed by atoms with van der Waals surface area (Å²) < 4.78 is 5.43. The average Bonchev–Trinajstić information content (AvgIpc) is 2.69. The second kappa shape index (κ2) is 10.1. The molecule has 0 fully saturated rings. The van der Waals surface area contributed by atoms with Gasteiger partial charge in [0.15, 0.2) is 6.61 Å². The number of carbonyl (C=O) groups excluding carboxylic acids is 3. The van der Waals surface area contributed by atoms with Gasteiger partial charge in [0.25, 0.3) is 5.91 Å². The number of anilines is 1. The molecule has 9 heteroatoms. The van der Waals surface area contributed by atoms with Gasteiger partial charge in [-0.15, -0.1) is 0 Å². The number of amides is 3. The van der Waals surface area contributed by atoms with Gasteiger partial charge >= 0.3 is 11.8 Å². The van der Waals surface area contributed by atoms with Gasteiger partial charge in [0.2, 0.25) is 0 Å². The molecule has 0 aromatic heterocycles. The van der Waals surface area contributed by atoms with Crippen molar-refractivity contribution >= 4 is 41.2 Å². The van der Waals surface area contributed by atoms with Crippen molar-refractivity contribution < 1.29 is 19.1 Å². The van der Waals surface area contributed by atoms with Crippen molar-refractivity contribution in [3.05, 3.63) is 58.6 Å². The normalized spacial score (nSPS) is 10.4. The van der Waals surface area contributed by atoms with Crippen molar-refractivity contribution in [3.8, 4) is 5.75 Å². The summed E-state index contributed by atoms with van der Waals surface area (Å²) in [5, 5.41) is 9.13. The molecule has 0 aliphatic heterocycles. The average molecular weight is 403 g/mol. The zero-order valence-electron chi connectivity index (χ0n) is 15.3. The van der Waals surface area contributed by atoms with Crippen LogP contribution in [0.25, 0.3) is 0 Å². The SMILES string of the molecule is CNC(=O)C(=O)N/N=C\c1ccc(OCC(=O)Nc2ccc(C)c(Cl)c2)cc1. The van der Waals surface area contributed by atoms with Crippen molar-refractivity contribution in [2.75, 3.05) is 19.0 Å². The molecule has 0 atom stereocenters. The Balaban J connectivity index is 1.81. The molecule has 3 N–H and O–H groups in total. The van der Waals surface area contributed by atoms with Gasteiger partial charge in [-0.25, -0.2) is 5.43 Å². The molecule has 2 rings (SSSR count). The second-order valence-corrected chi connectivity index (χ2v) is 6.06. The highest BCUT2D eigenvalue weighted by Crippen LogP contribution is 2.20. The Morgan fingerprint density at radius 1 is 1.11 bits per heavy atom. The molecule has 0 saturated carbocycles. The predicted molar refractivity (Wildman–Crippen MR) is 107 cm³/mol. The predicted octanol–water partition coefficient (Wildman–Crippen LogP) is 1.86. The number of nitrogens with one attached hydrogen (secondary N) is 3. The quantitative estimate of drug-likeness (QED) is 0.389. The van der Waals surface area contributed by atoms with Crippen LogP contribution in [0.15, 0.2) is 47.6 Å². The van der Waals surface area contributed by atoms with Crippen LogP contribution in [0.2, 0.25) is 5.02 Å². The Labute approximate surface area is 166 Å². The number of hydrogen-bond donors (Lipinski definition) is 3. The van der Waals surface area contributed by atoms with Gasteiger partial charge in [0, 0.05) is 17.8 Å². The number of hydrazone groups is 1. The minimum Gasteiger partial charge on any atom is -0.484 e. The van der Waals surface area contributed by atoms with Gasteiger partial charge in [-0.05, 0) is 54.4 Å². The number of carbonyl (C=O) groups is 3. The van der Waals surface area contributed by atoms with Crippen molar-refractivity contribution in [2.24, 2.45) is 5.10 Å². The van der Waals surface area contributed by atoms with Crippen LogP contribution < -0.4 is 20.8 Å². The Morgan fingerprint density at radius 3 is 2.46 bits per heavy atom. The summed E-state index contributed by atoms with van der Waals surface area (Å²) in [5.41, 5.74) is 4.28. The summed E-state index contributed by atoms with van der Waals surface area (Å²) in [6.45, 7) is 1.71. The standard InChI is InChI=1S/C19H19ClN4O4/c1-12-3-6-14(9-16(12)20)23-17(25)11-28-15-7-4-13(5-8-15)10-22-24-19(27)18(26)21-2/h3-10H,11H2,1-2H3,(H,21,26)(H,23,25)(H,24,27)/b22-10-. The zero-order chi connectivity index (χ0) is 20.5. The molecule has 0 heterocycles. The largest absolute Gasteiger partial charge is 0.484 e. The van der Waals surface area contributed by atoms with Crippen LogP contribution in [0.3, 0.4) is 0 Å². The third-order valence-electron chi connectivity index (χ3n) is 3.52. The monoisotopic (exact) mass is 402 g/mol. The second-order valence-electron chi connectivity index (χ2n) is 5.65. The van der Waals surface area contributed by atoms with Crippen LogP contribution in [-0.2, 0) is 14.4 Å². The van der Waals surface area contributed by atoms with Gasteiger partial charge in [0.05, 0.1) is 6.21 Å². The Bertz CT molecular complexity index is 897. The smallest absolute Gasteiger partial charge is 0.329 e. The summed E-state index contributed by atoms with van der Waals surface area (Å²) in [6, 6.07) is 11.9. The van der Waals surface area contributed by atoms with Crippen LogP contribution in [0, 0.1) is 6.92 Å². The fraction of sp³-hybridized carbons (Fsp3) is 0.158. The molecule has 0 aliphatic carbocycles. The summed E-state index contributed by atoms with van der Waals surface area (Å²) in [6.07, 6.45) is 1.37. The molecular formula is C19H19ClN4O4. The topological polar surface area (TPSA) is 109 Å². The minimum absolute atomic E-state index is 0.166. The molecule has 28 heavy (non-hydrogen) atoms. The van der Waals surface area contributed by atoms with Crippen LogP contribution >= 0.6 is 11.6 Å². The van der Waals surface area contributed by atoms with E-state index in [0.29, 0.717) is 22.0 Å². The van der Waals surface area contributed by atoms with Crippen molar-refractivity contribution in [3.63, 3.8) is 0 Å². The summed E-state index contributed by atoms with van der Waals surface area (Å²) in [4.78, 5) is 34.2. The van der Waals surface area contributed by atoms with Crippen LogP contribution in [0.4, 0.5) is 5.69 Å². The molecule has 0 aliphatic rings. The molecule has 146 valence electrons. The molecule has 2 aromatic carbocycles. The van der Waals surface area contributed by atoms with E-state index in [0.717, 1.165) is 5.56 Å². The molecule has 0 spiro atoms. The summed E-state index contributed by atoms with van der Waals surface area (Å²) >= 11 is 6.03. The van der Waals surface area contributed by atoms with Crippen LogP contribution in [0.1, 0.15) is 11.1 Å². The van der Waals surface area contributed by atoms with E-state index in [-0.39, 0.29) is 12.5 Å². The van der Waals surface area contributed by atoms with E-state index >= 15 is 0 Å². The van der Waals surface area contributed by atoms with Gasteiger partial charge in [-0.2, -0.15) is 5.10 Å². The van der Waals surface area contributed by atoms with Crippen molar-refractivity contribution in [1.82, 2.24) is 10.7 Å². The Kier molecular flexibility index (Phi) is 7.53. The van der Waals surface area contributed by atoms with E-state index in [4.69, 9.17) is 16.3 Å². The lowest BCUT2D eigenvalue weighted by atomic mass is 10.2. The highest BCUT2D eigenvalue weighted by Gasteiger charge is 2.09. The van der Waals surface area contributed by atoms with E-state index in [2.05, 4.69) is 21.2 Å². The van der Waals surface area contributed by atoms with E-state index in [1.807, 2.05) is 13.0 Å². The Morgan fingerprint density at radius 2 is 1.82 bits per heavy atom. The van der Waals surface area contributed by atoms with Crippen LogP contribution in [0.5, 0.6) is 5.75 Å². The molecule has 0 bridgehead atoms. The number of rotatable bonds is 6. The Hall–Kier alpha value is -3.39. The summed E-state index contributed by atoms with van der Waals surface area (Å²) in [7, 11) is 1.35. The van der Waals surface area contributed by atoms with E-state index in [9.17, 15) is 14.4 Å². The highest BCUT2D eigenvalue weighted by molar-refractivity contribution is 6.35. The van der Waals surface area contributed by atoms with Gasteiger partial charge < -0.3 is 15.4 Å². The maximum Gasteiger partial charge on any atom is 0.329 e. The van der Waals surface area contributed by atoms with E-state index < -0.39 is 11.8 Å². The number of ether oxygens (including phenoxy) is 1. The molecule has 0 radical (unpaired) electrons. The first-order chi connectivity index (χ1) is 13.4. The molecule has 0 unspecified atom stereocenters. The number of likely N-dealkylation sites (N-methyl/N-ethyl adjacent to an activating group) is 1. The lowest BCUT2D eigenvalue weighted by Gasteiger charge is -2.08. The molecule has 0 saturated heterocycles. The third-order valence-corrected chi connectivity index (χ3v) is 3.93. The van der Waals surface area contributed by atoms with E-state index in [1.54, 1.807) is 36.4 Å². The first kappa shape index (κ1) is 20.9.